The van der Waals surface area contributed by atoms with Gasteiger partial charge in [-0.15, -0.1) is 0 Å². The van der Waals surface area contributed by atoms with Crippen molar-refractivity contribution in [1.29, 1.82) is 0 Å². The molecular weight excluding hydrogens is 200 g/mol. The van der Waals surface area contributed by atoms with Crippen LogP contribution in [0.2, 0.25) is 0 Å². The van der Waals surface area contributed by atoms with E-state index in [1.165, 1.54) is 18.4 Å². The molecule has 2 nitrogen and oxygen atoms in total. The third-order valence-electron chi connectivity index (χ3n) is 2.38. The Kier molecular flexibility index (Phi) is 5.76. The molecule has 0 spiro atoms. The predicted octanol–water partition coefficient (Wildman–Crippen LogP) is 3.83. The molecule has 0 bridgehead atoms. The van der Waals surface area contributed by atoms with Crippen molar-refractivity contribution in [2.75, 3.05) is 13.2 Å². The highest BCUT2D eigenvalue weighted by molar-refractivity contribution is 5.38. The lowest BCUT2D eigenvalue weighted by atomic mass is 10.1. The van der Waals surface area contributed by atoms with Crippen LogP contribution in [0.25, 0.3) is 0 Å². The Morgan fingerprint density at radius 3 is 1.88 bits per heavy atom. The van der Waals surface area contributed by atoms with E-state index in [-0.39, 0.29) is 0 Å². The SMILES string of the molecule is CCCCc1cc(OCC)cc(OCC)c1. The van der Waals surface area contributed by atoms with Crippen molar-refractivity contribution in [3.63, 3.8) is 0 Å². The predicted molar refractivity (Wildman–Crippen MR) is 67.4 cm³/mol. The second-order valence-corrected chi connectivity index (χ2v) is 3.78. The van der Waals surface area contributed by atoms with Crippen molar-refractivity contribution in [3.8, 4) is 11.5 Å². The van der Waals surface area contributed by atoms with Gasteiger partial charge in [-0.3, -0.25) is 0 Å². The minimum Gasteiger partial charge on any atom is -0.494 e. The zero-order chi connectivity index (χ0) is 11.8. The molecule has 0 aliphatic rings. The third-order valence-corrected chi connectivity index (χ3v) is 2.38. The molecule has 16 heavy (non-hydrogen) atoms. The first-order valence-corrected chi connectivity index (χ1v) is 6.19. The molecule has 0 fully saturated rings. The van der Waals surface area contributed by atoms with E-state index >= 15 is 0 Å². The average Bonchev–Trinajstić information content (AvgIpc) is 2.27. The van der Waals surface area contributed by atoms with Crippen molar-refractivity contribution in [3.05, 3.63) is 23.8 Å². The summed E-state index contributed by atoms with van der Waals surface area (Å²) in [5.41, 5.74) is 1.30. The van der Waals surface area contributed by atoms with E-state index in [2.05, 4.69) is 19.1 Å². The van der Waals surface area contributed by atoms with E-state index in [1.807, 2.05) is 19.9 Å². The van der Waals surface area contributed by atoms with Gasteiger partial charge in [-0.05, 0) is 44.4 Å². The minimum absolute atomic E-state index is 0.697. The minimum atomic E-state index is 0.697. The number of aryl methyl sites for hydroxylation is 1. The second-order valence-electron chi connectivity index (χ2n) is 3.78. The van der Waals surface area contributed by atoms with E-state index in [1.54, 1.807) is 0 Å². The molecule has 2 heteroatoms. The van der Waals surface area contributed by atoms with Crippen LogP contribution in [0.5, 0.6) is 11.5 Å². The molecule has 1 aromatic carbocycles. The van der Waals surface area contributed by atoms with Crippen molar-refractivity contribution in [1.82, 2.24) is 0 Å². The molecule has 0 saturated carbocycles. The zero-order valence-corrected chi connectivity index (χ0v) is 10.6. The van der Waals surface area contributed by atoms with Crippen molar-refractivity contribution in [2.24, 2.45) is 0 Å². The van der Waals surface area contributed by atoms with Gasteiger partial charge >= 0.3 is 0 Å². The summed E-state index contributed by atoms with van der Waals surface area (Å²) in [6.45, 7) is 7.60. The van der Waals surface area contributed by atoms with Gasteiger partial charge in [0.1, 0.15) is 11.5 Å². The average molecular weight is 222 g/mol. The second kappa shape index (κ2) is 7.15. The van der Waals surface area contributed by atoms with Crippen LogP contribution in [0.3, 0.4) is 0 Å². The quantitative estimate of drug-likeness (QED) is 0.698. The number of benzene rings is 1. The summed E-state index contributed by atoms with van der Waals surface area (Å²) in [6, 6.07) is 6.19. The maximum absolute atomic E-state index is 5.53. The summed E-state index contributed by atoms with van der Waals surface area (Å²) >= 11 is 0. The molecule has 0 amide bonds. The number of hydrogen-bond acceptors (Lipinski definition) is 2. The molecule has 0 N–H and O–H groups in total. The number of ether oxygens (including phenoxy) is 2. The lowest BCUT2D eigenvalue weighted by Gasteiger charge is -2.10. The Hall–Kier alpha value is -1.18. The highest BCUT2D eigenvalue weighted by Gasteiger charge is 2.02. The molecule has 0 saturated heterocycles. The van der Waals surface area contributed by atoms with Gasteiger partial charge in [0.05, 0.1) is 13.2 Å². The van der Waals surface area contributed by atoms with Crippen LogP contribution < -0.4 is 9.47 Å². The highest BCUT2D eigenvalue weighted by atomic mass is 16.5. The van der Waals surface area contributed by atoms with E-state index in [0.29, 0.717) is 13.2 Å². The Balaban J connectivity index is 2.80. The van der Waals surface area contributed by atoms with Crippen LogP contribution in [0.1, 0.15) is 39.2 Å². The molecule has 0 radical (unpaired) electrons. The fraction of sp³-hybridized carbons (Fsp3) is 0.571. The van der Waals surface area contributed by atoms with Gasteiger partial charge in [0.2, 0.25) is 0 Å². The molecule has 1 rings (SSSR count). The van der Waals surface area contributed by atoms with Gasteiger partial charge in [0.25, 0.3) is 0 Å². The van der Waals surface area contributed by atoms with Crippen molar-refractivity contribution < 1.29 is 9.47 Å². The van der Waals surface area contributed by atoms with Crippen molar-refractivity contribution >= 4 is 0 Å². The Labute approximate surface area is 98.6 Å². The standard InChI is InChI=1S/C14H22O2/c1-4-7-8-12-9-13(15-5-2)11-14(10-12)16-6-3/h9-11H,4-8H2,1-3H3. The van der Waals surface area contributed by atoms with Gasteiger partial charge in [-0.1, -0.05) is 13.3 Å². The van der Waals surface area contributed by atoms with Crippen LogP contribution >= 0.6 is 0 Å². The number of rotatable bonds is 7. The Morgan fingerprint density at radius 2 is 1.44 bits per heavy atom. The maximum atomic E-state index is 5.53. The Morgan fingerprint density at radius 1 is 0.875 bits per heavy atom. The molecule has 90 valence electrons. The topological polar surface area (TPSA) is 18.5 Å². The molecule has 0 aliphatic carbocycles. The fourth-order valence-corrected chi connectivity index (χ4v) is 1.66. The van der Waals surface area contributed by atoms with Crippen LogP contribution in [0.15, 0.2) is 18.2 Å². The number of hydrogen-bond donors (Lipinski definition) is 0. The third kappa shape index (κ3) is 4.13. The molecule has 0 atom stereocenters. The molecule has 1 aromatic rings. The summed E-state index contributed by atoms with van der Waals surface area (Å²) in [5, 5.41) is 0. The Bertz CT molecular complexity index is 283. The zero-order valence-electron chi connectivity index (χ0n) is 10.6. The molecule has 0 unspecified atom stereocenters. The van der Waals surface area contributed by atoms with E-state index in [4.69, 9.17) is 9.47 Å². The first-order valence-electron chi connectivity index (χ1n) is 6.19. The van der Waals surface area contributed by atoms with Gasteiger partial charge in [0.15, 0.2) is 0 Å². The van der Waals surface area contributed by atoms with Crippen molar-refractivity contribution in [2.45, 2.75) is 40.0 Å². The van der Waals surface area contributed by atoms with Gasteiger partial charge in [-0.2, -0.15) is 0 Å². The summed E-state index contributed by atoms with van der Waals surface area (Å²) in [7, 11) is 0. The lowest BCUT2D eigenvalue weighted by Crippen LogP contribution is -1.97. The summed E-state index contributed by atoms with van der Waals surface area (Å²) in [6.07, 6.45) is 3.52. The first-order chi connectivity index (χ1) is 7.80. The van der Waals surface area contributed by atoms with Gasteiger partial charge in [0, 0.05) is 6.07 Å². The summed E-state index contributed by atoms with van der Waals surface area (Å²) in [5.74, 6) is 1.83. The van der Waals surface area contributed by atoms with E-state index in [9.17, 15) is 0 Å². The normalized spacial score (nSPS) is 10.2. The largest absolute Gasteiger partial charge is 0.494 e. The van der Waals surface area contributed by atoms with Crippen LogP contribution in [0.4, 0.5) is 0 Å². The molecular formula is C14H22O2. The summed E-state index contributed by atoms with van der Waals surface area (Å²) < 4.78 is 11.1. The van der Waals surface area contributed by atoms with Gasteiger partial charge < -0.3 is 9.47 Å². The lowest BCUT2D eigenvalue weighted by molar-refractivity contribution is 0.322. The van der Waals surface area contributed by atoms with Crippen LogP contribution in [-0.2, 0) is 6.42 Å². The highest BCUT2D eigenvalue weighted by Crippen LogP contribution is 2.24. The van der Waals surface area contributed by atoms with E-state index in [0.717, 1.165) is 17.9 Å². The van der Waals surface area contributed by atoms with Crippen LogP contribution in [-0.4, -0.2) is 13.2 Å². The summed E-state index contributed by atoms with van der Waals surface area (Å²) in [4.78, 5) is 0. The maximum Gasteiger partial charge on any atom is 0.123 e. The fourth-order valence-electron chi connectivity index (χ4n) is 1.66. The molecule has 0 aliphatic heterocycles. The van der Waals surface area contributed by atoms with Gasteiger partial charge in [-0.25, -0.2) is 0 Å². The monoisotopic (exact) mass is 222 g/mol. The smallest absolute Gasteiger partial charge is 0.123 e. The number of unbranched alkanes of at least 4 members (excludes halogenated alkanes) is 1. The van der Waals surface area contributed by atoms with E-state index < -0.39 is 0 Å². The van der Waals surface area contributed by atoms with Crippen LogP contribution in [0, 0.1) is 0 Å². The molecule has 0 heterocycles. The first kappa shape index (κ1) is 12.9. The molecule has 0 aromatic heterocycles.